The zero-order valence-corrected chi connectivity index (χ0v) is 11.4. The van der Waals surface area contributed by atoms with Crippen molar-refractivity contribution < 1.29 is 14.6 Å². The molecule has 0 saturated carbocycles. The van der Waals surface area contributed by atoms with Crippen molar-refractivity contribution in [2.24, 2.45) is 0 Å². The predicted octanol–water partition coefficient (Wildman–Crippen LogP) is 1.71. The standard InChI is InChI=1S/C15H20N2O3/c1-2-14-8-16-13(9-17(14)15(18)19)11-20-10-12-6-4-3-5-7-12/h2-7,13-14,16H,1,8-11H2,(H,18,19). The molecule has 1 aliphatic rings. The van der Waals surface area contributed by atoms with E-state index in [1.165, 1.54) is 4.90 Å². The molecule has 1 heterocycles. The third-order valence-corrected chi connectivity index (χ3v) is 3.38. The van der Waals surface area contributed by atoms with Crippen molar-refractivity contribution in [3.63, 3.8) is 0 Å². The summed E-state index contributed by atoms with van der Waals surface area (Å²) < 4.78 is 5.65. The van der Waals surface area contributed by atoms with Crippen LogP contribution in [0.1, 0.15) is 5.56 Å². The summed E-state index contributed by atoms with van der Waals surface area (Å²) in [4.78, 5) is 12.6. The molecule has 1 fully saturated rings. The maximum absolute atomic E-state index is 11.2. The average molecular weight is 276 g/mol. The maximum atomic E-state index is 11.2. The minimum Gasteiger partial charge on any atom is -0.465 e. The van der Waals surface area contributed by atoms with Gasteiger partial charge in [-0.3, -0.25) is 4.90 Å². The molecular weight excluding hydrogens is 256 g/mol. The van der Waals surface area contributed by atoms with Crippen molar-refractivity contribution >= 4 is 6.09 Å². The Morgan fingerprint density at radius 3 is 2.90 bits per heavy atom. The van der Waals surface area contributed by atoms with Gasteiger partial charge in [0.1, 0.15) is 0 Å². The van der Waals surface area contributed by atoms with Crippen LogP contribution >= 0.6 is 0 Å². The van der Waals surface area contributed by atoms with Gasteiger partial charge in [0, 0.05) is 19.1 Å². The van der Waals surface area contributed by atoms with E-state index < -0.39 is 6.09 Å². The first kappa shape index (κ1) is 14.6. The van der Waals surface area contributed by atoms with Crippen molar-refractivity contribution in [3.05, 3.63) is 48.6 Å². The molecule has 0 spiro atoms. The largest absolute Gasteiger partial charge is 0.465 e. The minimum absolute atomic E-state index is 0.0195. The molecule has 5 nitrogen and oxygen atoms in total. The van der Waals surface area contributed by atoms with Crippen molar-refractivity contribution in [3.8, 4) is 0 Å². The molecule has 0 aromatic heterocycles. The summed E-state index contributed by atoms with van der Waals surface area (Å²) in [6, 6.07) is 9.77. The SMILES string of the molecule is C=CC1CNC(COCc2ccccc2)CN1C(=O)O. The molecule has 1 amide bonds. The van der Waals surface area contributed by atoms with Crippen LogP contribution in [0, 0.1) is 0 Å². The lowest BCUT2D eigenvalue weighted by molar-refractivity contribution is 0.0602. The molecule has 1 aliphatic heterocycles. The van der Waals surface area contributed by atoms with Gasteiger partial charge >= 0.3 is 6.09 Å². The quantitative estimate of drug-likeness (QED) is 0.804. The van der Waals surface area contributed by atoms with Crippen LogP contribution in [0.25, 0.3) is 0 Å². The highest BCUT2D eigenvalue weighted by Gasteiger charge is 2.29. The third-order valence-electron chi connectivity index (χ3n) is 3.38. The number of nitrogens with zero attached hydrogens (tertiary/aromatic N) is 1. The summed E-state index contributed by atoms with van der Waals surface area (Å²) in [5, 5.41) is 12.5. The van der Waals surface area contributed by atoms with Crippen LogP contribution in [0.2, 0.25) is 0 Å². The normalized spacial score (nSPS) is 22.5. The molecule has 2 rings (SSSR count). The number of hydrogen-bond acceptors (Lipinski definition) is 3. The summed E-state index contributed by atoms with van der Waals surface area (Å²) in [5.74, 6) is 0. The van der Waals surface area contributed by atoms with E-state index in [-0.39, 0.29) is 12.1 Å². The molecule has 1 aromatic rings. The summed E-state index contributed by atoms with van der Waals surface area (Å²) in [5.41, 5.74) is 1.11. The Labute approximate surface area is 118 Å². The van der Waals surface area contributed by atoms with Gasteiger partial charge in [-0.15, -0.1) is 6.58 Å². The number of piperazine rings is 1. The summed E-state index contributed by atoms with van der Waals surface area (Å²) in [6.07, 6.45) is 0.742. The molecule has 1 aromatic carbocycles. The molecule has 2 unspecified atom stereocenters. The highest BCUT2D eigenvalue weighted by Crippen LogP contribution is 2.09. The van der Waals surface area contributed by atoms with Gasteiger partial charge in [0.05, 0.1) is 19.3 Å². The van der Waals surface area contributed by atoms with E-state index in [1.54, 1.807) is 6.08 Å². The highest BCUT2D eigenvalue weighted by atomic mass is 16.5. The molecule has 108 valence electrons. The Balaban J connectivity index is 1.79. The van der Waals surface area contributed by atoms with Crippen LogP contribution in [-0.4, -0.2) is 47.9 Å². The van der Waals surface area contributed by atoms with E-state index >= 15 is 0 Å². The van der Waals surface area contributed by atoms with E-state index in [9.17, 15) is 9.90 Å². The van der Waals surface area contributed by atoms with E-state index in [0.717, 1.165) is 5.56 Å². The van der Waals surface area contributed by atoms with Crippen LogP contribution < -0.4 is 5.32 Å². The Morgan fingerprint density at radius 1 is 1.50 bits per heavy atom. The number of nitrogens with one attached hydrogen (secondary N) is 1. The lowest BCUT2D eigenvalue weighted by Gasteiger charge is -2.37. The van der Waals surface area contributed by atoms with Gasteiger partial charge in [0.2, 0.25) is 0 Å². The van der Waals surface area contributed by atoms with Crippen LogP contribution in [0.5, 0.6) is 0 Å². The fourth-order valence-electron chi connectivity index (χ4n) is 2.27. The van der Waals surface area contributed by atoms with E-state index in [2.05, 4.69) is 11.9 Å². The fraction of sp³-hybridized carbons (Fsp3) is 0.400. The second-order valence-electron chi connectivity index (χ2n) is 4.84. The number of ether oxygens (including phenoxy) is 1. The maximum Gasteiger partial charge on any atom is 0.407 e. The molecule has 20 heavy (non-hydrogen) atoms. The number of amides is 1. The molecule has 2 atom stereocenters. The Morgan fingerprint density at radius 2 is 2.25 bits per heavy atom. The minimum atomic E-state index is -0.913. The first-order valence-electron chi connectivity index (χ1n) is 6.68. The van der Waals surface area contributed by atoms with Crippen molar-refractivity contribution in [1.29, 1.82) is 0 Å². The Hall–Kier alpha value is -1.85. The first-order chi connectivity index (χ1) is 9.70. The van der Waals surface area contributed by atoms with Gasteiger partial charge in [-0.05, 0) is 5.56 Å². The summed E-state index contributed by atoms with van der Waals surface area (Å²) >= 11 is 0. The van der Waals surface area contributed by atoms with E-state index in [0.29, 0.717) is 26.3 Å². The predicted molar refractivity (Wildman–Crippen MR) is 76.6 cm³/mol. The molecule has 0 radical (unpaired) electrons. The monoisotopic (exact) mass is 276 g/mol. The lowest BCUT2D eigenvalue weighted by Crippen LogP contribution is -2.58. The van der Waals surface area contributed by atoms with Gasteiger partial charge in [0.25, 0.3) is 0 Å². The molecule has 0 aliphatic carbocycles. The average Bonchev–Trinajstić information content (AvgIpc) is 2.48. The van der Waals surface area contributed by atoms with Crippen molar-refractivity contribution in [2.45, 2.75) is 18.7 Å². The topological polar surface area (TPSA) is 61.8 Å². The Bertz CT molecular complexity index is 450. The summed E-state index contributed by atoms with van der Waals surface area (Å²) in [7, 11) is 0. The lowest BCUT2D eigenvalue weighted by atomic mass is 10.1. The molecule has 0 bridgehead atoms. The molecule has 5 heteroatoms. The molecule has 1 saturated heterocycles. The van der Waals surface area contributed by atoms with Gasteiger partial charge in [-0.2, -0.15) is 0 Å². The number of benzene rings is 1. The fourth-order valence-corrected chi connectivity index (χ4v) is 2.27. The van der Waals surface area contributed by atoms with E-state index in [1.807, 2.05) is 30.3 Å². The number of carbonyl (C=O) groups is 1. The first-order valence-corrected chi connectivity index (χ1v) is 6.68. The smallest absolute Gasteiger partial charge is 0.407 e. The third kappa shape index (κ3) is 3.82. The van der Waals surface area contributed by atoms with Crippen LogP contribution in [0.15, 0.2) is 43.0 Å². The highest BCUT2D eigenvalue weighted by molar-refractivity contribution is 5.66. The van der Waals surface area contributed by atoms with Gasteiger partial charge < -0.3 is 15.2 Å². The number of hydrogen-bond donors (Lipinski definition) is 2. The second kappa shape index (κ2) is 7.07. The number of rotatable bonds is 5. The molecular formula is C15H20N2O3. The van der Waals surface area contributed by atoms with Gasteiger partial charge in [-0.1, -0.05) is 36.4 Å². The number of carboxylic acid groups (broad SMARTS) is 1. The second-order valence-corrected chi connectivity index (χ2v) is 4.84. The van der Waals surface area contributed by atoms with Crippen LogP contribution in [0.3, 0.4) is 0 Å². The van der Waals surface area contributed by atoms with Crippen LogP contribution in [-0.2, 0) is 11.3 Å². The van der Waals surface area contributed by atoms with Gasteiger partial charge in [0.15, 0.2) is 0 Å². The van der Waals surface area contributed by atoms with Gasteiger partial charge in [-0.25, -0.2) is 4.79 Å². The molecule has 2 N–H and O–H groups in total. The summed E-state index contributed by atoms with van der Waals surface area (Å²) in [6.45, 7) is 5.69. The van der Waals surface area contributed by atoms with E-state index in [4.69, 9.17) is 4.74 Å². The zero-order valence-electron chi connectivity index (χ0n) is 11.4. The van der Waals surface area contributed by atoms with Crippen LogP contribution in [0.4, 0.5) is 4.79 Å². The Kier molecular flexibility index (Phi) is 5.15. The van der Waals surface area contributed by atoms with Crippen molar-refractivity contribution in [2.75, 3.05) is 19.7 Å². The van der Waals surface area contributed by atoms with Crippen molar-refractivity contribution in [1.82, 2.24) is 10.2 Å². The zero-order chi connectivity index (χ0) is 14.4.